The van der Waals surface area contributed by atoms with Crippen molar-refractivity contribution in [3.05, 3.63) is 28.7 Å². The fourth-order valence-corrected chi connectivity index (χ4v) is 3.59. The Labute approximate surface area is 149 Å². The number of hydrogen-bond donors (Lipinski definition) is 1. The van der Waals surface area contributed by atoms with Crippen LogP contribution in [0.15, 0.2) is 28.1 Å². The summed E-state index contributed by atoms with van der Waals surface area (Å²) in [7, 11) is 1.48. The Morgan fingerprint density at radius 2 is 2.12 bits per heavy atom. The molecule has 0 aliphatic carbocycles. The van der Waals surface area contributed by atoms with Crippen molar-refractivity contribution in [3.63, 3.8) is 0 Å². The van der Waals surface area contributed by atoms with Gasteiger partial charge in [-0.3, -0.25) is 4.79 Å². The molecule has 0 unspecified atom stereocenters. The molecule has 0 aromatic heterocycles. The predicted molar refractivity (Wildman–Crippen MR) is 94.9 cm³/mol. The Hall–Kier alpha value is -2.48. The van der Waals surface area contributed by atoms with Gasteiger partial charge in [0, 0.05) is 13.1 Å². The van der Waals surface area contributed by atoms with Crippen molar-refractivity contribution in [1.82, 2.24) is 4.90 Å². The highest BCUT2D eigenvalue weighted by Gasteiger charge is 2.27. The van der Waals surface area contributed by atoms with Crippen LogP contribution in [0.4, 0.5) is 0 Å². The predicted octanol–water partition coefficient (Wildman–Crippen LogP) is 2.22. The maximum absolute atomic E-state index is 12.1. The summed E-state index contributed by atoms with van der Waals surface area (Å²) < 4.78 is 10.4. The molecule has 25 heavy (non-hydrogen) atoms. The van der Waals surface area contributed by atoms with Gasteiger partial charge in [-0.2, -0.15) is 4.99 Å². The highest BCUT2D eigenvalue weighted by atomic mass is 32.2. The Balaban J connectivity index is 1.75. The molecule has 0 saturated carbocycles. The molecule has 2 aliphatic rings. The van der Waals surface area contributed by atoms with Crippen molar-refractivity contribution in [2.75, 3.05) is 26.8 Å². The van der Waals surface area contributed by atoms with Gasteiger partial charge in [0.25, 0.3) is 5.91 Å². The number of carboxylic acid groups (broad SMARTS) is 1. The number of carboxylic acids is 1. The second-order valence-electron chi connectivity index (χ2n) is 5.60. The molecule has 8 heteroatoms. The number of hydrogen-bond acceptors (Lipinski definition) is 6. The maximum atomic E-state index is 12.1. The molecule has 1 aromatic carbocycles. The molecule has 3 rings (SSSR count). The first-order chi connectivity index (χ1) is 12.1. The number of thioether (sulfide) groups is 1. The van der Waals surface area contributed by atoms with Gasteiger partial charge < -0.3 is 19.5 Å². The van der Waals surface area contributed by atoms with Crippen LogP contribution in [0, 0.1) is 0 Å². The van der Waals surface area contributed by atoms with Crippen molar-refractivity contribution in [2.24, 2.45) is 4.99 Å². The third-order valence-corrected chi connectivity index (χ3v) is 4.87. The van der Waals surface area contributed by atoms with E-state index in [-0.39, 0.29) is 5.91 Å². The van der Waals surface area contributed by atoms with Gasteiger partial charge in [-0.25, -0.2) is 4.79 Å². The topological polar surface area (TPSA) is 88.4 Å². The third kappa shape index (κ3) is 4.14. The van der Waals surface area contributed by atoms with Crippen molar-refractivity contribution in [1.29, 1.82) is 0 Å². The minimum absolute atomic E-state index is 0.239. The van der Waals surface area contributed by atoms with Gasteiger partial charge >= 0.3 is 5.97 Å². The maximum Gasteiger partial charge on any atom is 0.341 e. The molecule has 0 bridgehead atoms. The SMILES string of the molecule is COc1cc(/C=C2\SC(N3CCCC3)=NC2=O)ccc1OCC(=O)O. The van der Waals surface area contributed by atoms with E-state index in [1.807, 2.05) is 0 Å². The summed E-state index contributed by atoms with van der Waals surface area (Å²) in [5.74, 6) is -0.553. The lowest BCUT2D eigenvalue weighted by Gasteiger charge is -2.14. The van der Waals surface area contributed by atoms with Gasteiger partial charge in [0.1, 0.15) is 0 Å². The van der Waals surface area contributed by atoms with Crippen LogP contribution >= 0.6 is 11.8 Å². The average Bonchev–Trinajstić information content (AvgIpc) is 3.24. The molecule has 0 radical (unpaired) electrons. The minimum atomic E-state index is -1.06. The largest absolute Gasteiger partial charge is 0.493 e. The van der Waals surface area contributed by atoms with Gasteiger partial charge in [0.2, 0.25) is 0 Å². The molecule has 1 aromatic rings. The Bertz CT molecular complexity index is 753. The van der Waals surface area contributed by atoms with Crippen molar-refractivity contribution < 1.29 is 24.2 Å². The number of nitrogens with zero attached hydrogens (tertiary/aromatic N) is 2. The number of rotatable bonds is 5. The second-order valence-corrected chi connectivity index (χ2v) is 6.61. The molecule has 0 atom stereocenters. The van der Waals surface area contributed by atoms with E-state index >= 15 is 0 Å². The molecule has 132 valence electrons. The number of aliphatic carboxylic acids is 1. The monoisotopic (exact) mass is 362 g/mol. The number of amides is 1. The quantitative estimate of drug-likeness (QED) is 0.804. The lowest BCUT2D eigenvalue weighted by molar-refractivity contribution is -0.139. The summed E-state index contributed by atoms with van der Waals surface area (Å²) >= 11 is 1.38. The van der Waals surface area contributed by atoms with Crippen molar-refractivity contribution in [3.8, 4) is 11.5 Å². The van der Waals surface area contributed by atoms with Crippen LogP contribution in [-0.4, -0.2) is 53.9 Å². The lowest BCUT2D eigenvalue weighted by atomic mass is 10.2. The third-order valence-electron chi connectivity index (χ3n) is 3.82. The van der Waals surface area contributed by atoms with E-state index in [0.717, 1.165) is 36.7 Å². The normalized spacial score (nSPS) is 18.6. The zero-order chi connectivity index (χ0) is 17.8. The van der Waals surface area contributed by atoms with Crippen LogP contribution in [0.25, 0.3) is 6.08 Å². The van der Waals surface area contributed by atoms with Crippen LogP contribution in [0.5, 0.6) is 11.5 Å². The number of aliphatic imine (C=N–C) groups is 1. The number of carbonyl (C=O) groups excluding carboxylic acids is 1. The van der Waals surface area contributed by atoms with E-state index in [4.69, 9.17) is 14.6 Å². The van der Waals surface area contributed by atoms with E-state index in [1.165, 1.54) is 18.9 Å². The zero-order valence-electron chi connectivity index (χ0n) is 13.7. The Morgan fingerprint density at radius 1 is 1.36 bits per heavy atom. The van der Waals surface area contributed by atoms with Crippen molar-refractivity contribution in [2.45, 2.75) is 12.8 Å². The summed E-state index contributed by atoms with van der Waals surface area (Å²) in [5.41, 5.74) is 0.758. The van der Waals surface area contributed by atoms with Crippen LogP contribution in [-0.2, 0) is 9.59 Å². The molecule has 1 fully saturated rings. The summed E-state index contributed by atoms with van der Waals surface area (Å²) in [4.78, 5) is 29.6. The molecule has 1 saturated heterocycles. The van der Waals surface area contributed by atoms with Crippen LogP contribution in [0.1, 0.15) is 18.4 Å². The van der Waals surface area contributed by atoms with E-state index in [2.05, 4.69) is 9.89 Å². The highest BCUT2D eigenvalue weighted by molar-refractivity contribution is 8.18. The van der Waals surface area contributed by atoms with E-state index in [0.29, 0.717) is 16.4 Å². The summed E-state index contributed by atoms with van der Waals surface area (Å²) in [6.45, 7) is 1.43. The van der Waals surface area contributed by atoms with E-state index in [1.54, 1.807) is 24.3 Å². The molecular weight excluding hydrogens is 344 g/mol. The smallest absolute Gasteiger partial charge is 0.341 e. The number of likely N-dealkylation sites (tertiary alicyclic amines) is 1. The van der Waals surface area contributed by atoms with Gasteiger partial charge in [-0.05, 0) is 48.4 Å². The fourth-order valence-electron chi connectivity index (χ4n) is 2.63. The first kappa shape index (κ1) is 17.3. The molecular formula is C17H18N2O5S. The van der Waals surface area contributed by atoms with Gasteiger partial charge in [-0.15, -0.1) is 0 Å². The molecule has 2 aliphatic heterocycles. The second kappa shape index (κ2) is 7.60. The van der Waals surface area contributed by atoms with Crippen LogP contribution in [0.2, 0.25) is 0 Å². The van der Waals surface area contributed by atoms with Crippen molar-refractivity contribution >= 4 is 34.9 Å². The average molecular weight is 362 g/mol. The number of methoxy groups -OCH3 is 1. The number of ether oxygens (including phenoxy) is 2. The Morgan fingerprint density at radius 3 is 2.80 bits per heavy atom. The molecule has 7 nitrogen and oxygen atoms in total. The summed E-state index contributed by atoms with van der Waals surface area (Å²) in [6, 6.07) is 5.07. The standard InChI is InChI=1S/C17H18N2O5S/c1-23-13-8-11(4-5-12(13)24-10-15(20)21)9-14-16(22)18-17(25-14)19-6-2-3-7-19/h4-5,8-9H,2-3,6-7,10H2,1H3,(H,20,21)/b14-9-. The first-order valence-corrected chi connectivity index (χ1v) is 8.68. The fraction of sp³-hybridized carbons (Fsp3) is 0.353. The van der Waals surface area contributed by atoms with E-state index in [9.17, 15) is 9.59 Å². The lowest BCUT2D eigenvalue weighted by Crippen LogP contribution is -2.23. The van der Waals surface area contributed by atoms with Crippen LogP contribution in [0.3, 0.4) is 0 Å². The van der Waals surface area contributed by atoms with Gasteiger partial charge in [0.05, 0.1) is 12.0 Å². The van der Waals surface area contributed by atoms with E-state index < -0.39 is 12.6 Å². The summed E-state index contributed by atoms with van der Waals surface area (Å²) in [6.07, 6.45) is 4.01. The van der Waals surface area contributed by atoms with Gasteiger partial charge in [-0.1, -0.05) is 6.07 Å². The molecule has 1 amide bonds. The highest BCUT2D eigenvalue weighted by Crippen LogP contribution is 2.34. The molecule has 1 N–H and O–H groups in total. The molecule has 2 heterocycles. The number of benzene rings is 1. The summed E-state index contributed by atoms with van der Waals surface area (Å²) in [5, 5.41) is 9.46. The Kier molecular flexibility index (Phi) is 5.28. The zero-order valence-corrected chi connectivity index (χ0v) is 14.5. The van der Waals surface area contributed by atoms with Crippen LogP contribution < -0.4 is 9.47 Å². The van der Waals surface area contributed by atoms with Gasteiger partial charge in [0.15, 0.2) is 23.3 Å². The minimum Gasteiger partial charge on any atom is -0.493 e. The first-order valence-electron chi connectivity index (χ1n) is 7.87. The molecule has 0 spiro atoms. The number of amidine groups is 1. The number of carbonyl (C=O) groups is 2.